The minimum absolute atomic E-state index is 0.100. The maximum absolute atomic E-state index is 9.41. The molecule has 1 rings (SSSR count). The van der Waals surface area contributed by atoms with Gasteiger partial charge in [0, 0.05) is 12.0 Å². The van der Waals surface area contributed by atoms with Gasteiger partial charge in [-0.25, -0.2) is 0 Å². The first-order chi connectivity index (χ1) is 7.76. The van der Waals surface area contributed by atoms with E-state index in [1.165, 1.54) is 12.8 Å². The van der Waals surface area contributed by atoms with Gasteiger partial charge in [-0.05, 0) is 32.1 Å². The molecule has 0 aromatic carbocycles. The zero-order valence-corrected chi connectivity index (χ0v) is 10.5. The van der Waals surface area contributed by atoms with Gasteiger partial charge in [0.05, 0.1) is 19.3 Å². The van der Waals surface area contributed by atoms with Crippen molar-refractivity contribution in [3.8, 4) is 0 Å². The molecule has 3 nitrogen and oxygen atoms in total. The SMILES string of the molecule is CCCC(CO)(CO)CCCC1CCCO1. The van der Waals surface area contributed by atoms with E-state index in [-0.39, 0.29) is 18.6 Å². The molecular formula is C13H26O3. The van der Waals surface area contributed by atoms with Crippen LogP contribution < -0.4 is 0 Å². The van der Waals surface area contributed by atoms with Gasteiger partial charge in [-0.1, -0.05) is 19.8 Å². The molecule has 0 spiro atoms. The van der Waals surface area contributed by atoms with Crippen molar-refractivity contribution in [3.05, 3.63) is 0 Å². The maximum Gasteiger partial charge on any atom is 0.0576 e. The molecule has 1 aliphatic heterocycles. The number of hydrogen-bond acceptors (Lipinski definition) is 3. The summed E-state index contributed by atoms with van der Waals surface area (Å²) in [5.74, 6) is 0. The molecule has 0 bridgehead atoms. The van der Waals surface area contributed by atoms with Crippen LogP contribution in [0.25, 0.3) is 0 Å². The molecule has 0 aromatic rings. The molecule has 0 aromatic heterocycles. The second kappa shape index (κ2) is 7.25. The van der Waals surface area contributed by atoms with Crippen LogP contribution in [0.1, 0.15) is 51.9 Å². The minimum atomic E-state index is -0.257. The zero-order chi connectivity index (χ0) is 11.9. The van der Waals surface area contributed by atoms with Crippen LogP contribution in [-0.2, 0) is 4.74 Å². The van der Waals surface area contributed by atoms with Gasteiger partial charge < -0.3 is 14.9 Å². The topological polar surface area (TPSA) is 49.7 Å². The summed E-state index contributed by atoms with van der Waals surface area (Å²) in [5.41, 5.74) is -0.257. The van der Waals surface area contributed by atoms with E-state index in [9.17, 15) is 10.2 Å². The molecule has 1 aliphatic rings. The predicted molar refractivity (Wildman–Crippen MR) is 64.3 cm³/mol. The Morgan fingerprint density at radius 3 is 2.50 bits per heavy atom. The van der Waals surface area contributed by atoms with E-state index in [2.05, 4.69) is 6.92 Å². The van der Waals surface area contributed by atoms with Crippen LogP contribution in [0.5, 0.6) is 0 Å². The summed E-state index contributed by atoms with van der Waals surface area (Å²) >= 11 is 0. The first kappa shape index (κ1) is 13.9. The van der Waals surface area contributed by atoms with Crippen molar-refractivity contribution in [2.75, 3.05) is 19.8 Å². The van der Waals surface area contributed by atoms with Crippen molar-refractivity contribution in [2.45, 2.75) is 58.0 Å². The first-order valence-electron chi connectivity index (χ1n) is 6.59. The maximum atomic E-state index is 9.41. The van der Waals surface area contributed by atoms with Crippen LogP contribution in [0.2, 0.25) is 0 Å². The summed E-state index contributed by atoms with van der Waals surface area (Å²) in [6.07, 6.45) is 7.75. The molecule has 1 unspecified atom stereocenters. The van der Waals surface area contributed by atoms with Gasteiger partial charge in [-0.3, -0.25) is 0 Å². The smallest absolute Gasteiger partial charge is 0.0576 e. The number of aliphatic hydroxyl groups is 2. The fraction of sp³-hybridized carbons (Fsp3) is 1.00. The Kier molecular flexibility index (Phi) is 6.32. The number of rotatable bonds is 8. The highest BCUT2D eigenvalue weighted by Crippen LogP contribution is 2.30. The Balaban J connectivity index is 2.25. The van der Waals surface area contributed by atoms with E-state index < -0.39 is 0 Å². The highest BCUT2D eigenvalue weighted by molar-refractivity contribution is 4.78. The lowest BCUT2D eigenvalue weighted by molar-refractivity contribution is 0.0313. The van der Waals surface area contributed by atoms with E-state index in [4.69, 9.17) is 4.74 Å². The molecule has 16 heavy (non-hydrogen) atoms. The van der Waals surface area contributed by atoms with Crippen molar-refractivity contribution < 1.29 is 14.9 Å². The number of aliphatic hydroxyl groups excluding tert-OH is 2. The van der Waals surface area contributed by atoms with Gasteiger partial charge in [-0.15, -0.1) is 0 Å². The highest BCUT2D eigenvalue weighted by Gasteiger charge is 2.27. The predicted octanol–water partition coefficient (Wildman–Crippen LogP) is 2.11. The van der Waals surface area contributed by atoms with E-state index in [1.54, 1.807) is 0 Å². The van der Waals surface area contributed by atoms with Crippen molar-refractivity contribution in [1.29, 1.82) is 0 Å². The molecule has 0 radical (unpaired) electrons. The van der Waals surface area contributed by atoms with Crippen molar-refractivity contribution in [2.24, 2.45) is 5.41 Å². The van der Waals surface area contributed by atoms with Crippen LogP contribution in [-0.4, -0.2) is 36.1 Å². The lowest BCUT2D eigenvalue weighted by atomic mass is 9.80. The third-order valence-corrected chi connectivity index (χ3v) is 3.71. The van der Waals surface area contributed by atoms with Gasteiger partial charge in [-0.2, -0.15) is 0 Å². The Labute approximate surface area is 98.8 Å². The minimum Gasteiger partial charge on any atom is -0.396 e. The second-order valence-electron chi connectivity index (χ2n) is 5.09. The zero-order valence-electron chi connectivity index (χ0n) is 10.5. The van der Waals surface area contributed by atoms with Gasteiger partial charge in [0.15, 0.2) is 0 Å². The Morgan fingerprint density at radius 1 is 1.25 bits per heavy atom. The van der Waals surface area contributed by atoms with Gasteiger partial charge in [0.1, 0.15) is 0 Å². The highest BCUT2D eigenvalue weighted by atomic mass is 16.5. The number of ether oxygens (including phenoxy) is 1. The van der Waals surface area contributed by atoms with E-state index in [1.807, 2.05) is 0 Å². The van der Waals surface area contributed by atoms with E-state index >= 15 is 0 Å². The van der Waals surface area contributed by atoms with Crippen LogP contribution in [0.15, 0.2) is 0 Å². The molecular weight excluding hydrogens is 204 g/mol. The molecule has 1 fully saturated rings. The van der Waals surface area contributed by atoms with Crippen molar-refractivity contribution in [1.82, 2.24) is 0 Å². The lowest BCUT2D eigenvalue weighted by Crippen LogP contribution is -2.30. The Hall–Kier alpha value is -0.120. The summed E-state index contributed by atoms with van der Waals surface area (Å²) in [6, 6.07) is 0. The third kappa shape index (κ3) is 4.04. The van der Waals surface area contributed by atoms with Crippen LogP contribution in [0.4, 0.5) is 0 Å². The molecule has 1 saturated heterocycles. The summed E-state index contributed by atoms with van der Waals surface area (Å²) < 4.78 is 5.57. The molecule has 1 heterocycles. The molecule has 2 N–H and O–H groups in total. The molecule has 0 aliphatic carbocycles. The normalized spacial score (nSPS) is 21.6. The Bertz CT molecular complexity index is 172. The fourth-order valence-corrected chi connectivity index (χ4v) is 2.60. The average Bonchev–Trinajstić information content (AvgIpc) is 2.81. The molecule has 3 heteroatoms. The molecule has 0 saturated carbocycles. The van der Waals surface area contributed by atoms with E-state index in [0.717, 1.165) is 38.7 Å². The molecule has 0 amide bonds. The van der Waals surface area contributed by atoms with Gasteiger partial charge in [0.2, 0.25) is 0 Å². The standard InChI is InChI=1S/C13H26O3/c1-2-7-13(10-14,11-15)8-3-5-12-6-4-9-16-12/h12,14-15H,2-11H2,1H3. The largest absolute Gasteiger partial charge is 0.396 e. The van der Waals surface area contributed by atoms with Crippen LogP contribution >= 0.6 is 0 Å². The first-order valence-corrected chi connectivity index (χ1v) is 6.59. The second-order valence-corrected chi connectivity index (χ2v) is 5.09. The van der Waals surface area contributed by atoms with Crippen LogP contribution in [0.3, 0.4) is 0 Å². The summed E-state index contributed by atoms with van der Waals surface area (Å²) in [4.78, 5) is 0. The van der Waals surface area contributed by atoms with Crippen molar-refractivity contribution in [3.63, 3.8) is 0 Å². The quantitative estimate of drug-likeness (QED) is 0.671. The lowest BCUT2D eigenvalue weighted by Gasteiger charge is -2.29. The van der Waals surface area contributed by atoms with Gasteiger partial charge >= 0.3 is 0 Å². The third-order valence-electron chi connectivity index (χ3n) is 3.71. The summed E-state index contributed by atoms with van der Waals surface area (Å²) in [7, 11) is 0. The molecule has 1 atom stereocenters. The van der Waals surface area contributed by atoms with Crippen LogP contribution in [0, 0.1) is 5.41 Å². The summed E-state index contributed by atoms with van der Waals surface area (Å²) in [5, 5.41) is 18.8. The average molecular weight is 230 g/mol. The van der Waals surface area contributed by atoms with E-state index in [0.29, 0.717) is 6.10 Å². The van der Waals surface area contributed by atoms with Crippen molar-refractivity contribution >= 4 is 0 Å². The fourth-order valence-electron chi connectivity index (χ4n) is 2.60. The Morgan fingerprint density at radius 2 is 2.00 bits per heavy atom. The van der Waals surface area contributed by atoms with Gasteiger partial charge in [0.25, 0.3) is 0 Å². The molecule has 96 valence electrons. The summed E-state index contributed by atoms with van der Waals surface area (Å²) in [6.45, 7) is 3.21. The monoisotopic (exact) mass is 230 g/mol. The number of hydrogen-bond donors (Lipinski definition) is 2.